The van der Waals surface area contributed by atoms with E-state index >= 15 is 0 Å². The van der Waals surface area contributed by atoms with Crippen LogP contribution in [0.1, 0.15) is 66.6 Å². The number of carbonyl (C=O) groups is 3. The number of benzene rings is 3. The van der Waals surface area contributed by atoms with Crippen LogP contribution >= 0.6 is 0 Å². The molecule has 5 N–H and O–H groups in total. The number of rotatable bonds is 13. The van der Waals surface area contributed by atoms with E-state index in [1.165, 1.54) is 19.2 Å². The van der Waals surface area contributed by atoms with E-state index in [9.17, 15) is 27.6 Å². The number of pyridine rings is 1. The molecule has 0 aliphatic carbocycles. The standard InChI is InChI=1S/C42H49F3N8O4/c1-25(2)57-37-22-36(53-18-16-29(17-19-53)52(5)24-27-10-12-28(13-11-27)48-33-14-15-39(54)51-41(33)56)26(3)20-35(37)50-38-21-34(31(23-47-38)42(43,44)45)49-32-9-7-6-8-30(32)40(55)46-4/h6-13,20-23,25,29,33,48H,14-19,24H2,1-5H3,(H,46,55)(H2,47,49,50)(H,51,54,56). The molecule has 0 saturated carbocycles. The first kappa shape index (κ1) is 40.8. The van der Waals surface area contributed by atoms with Crippen molar-refractivity contribution in [3.05, 3.63) is 95.2 Å². The molecule has 4 aromatic rings. The summed E-state index contributed by atoms with van der Waals surface area (Å²) in [5, 5.41) is 14.1. The smallest absolute Gasteiger partial charge is 0.419 e. The van der Waals surface area contributed by atoms with E-state index in [1.54, 1.807) is 18.2 Å². The Balaban J connectivity index is 1.13. The number of halogens is 3. The van der Waals surface area contributed by atoms with Crippen LogP contribution in [0, 0.1) is 6.92 Å². The predicted octanol–water partition coefficient (Wildman–Crippen LogP) is 7.36. The van der Waals surface area contributed by atoms with Crippen molar-refractivity contribution in [2.45, 2.75) is 77.4 Å². The minimum atomic E-state index is -4.70. The number of piperidine rings is 2. The van der Waals surface area contributed by atoms with E-state index in [-0.39, 0.29) is 40.7 Å². The Kier molecular flexibility index (Phi) is 12.6. The van der Waals surface area contributed by atoms with Crippen molar-refractivity contribution in [3.63, 3.8) is 0 Å². The highest BCUT2D eigenvalue weighted by Crippen LogP contribution is 2.40. The fourth-order valence-electron chi connectivity index (χ4n) is 7.23. The van der Waals surface area contributed by atoms with Gasteiger partial charge in [0, 0.05) is 68.8 Å². The van der Waals surface area contributed by atoms with Crippen molar-refractivity contribution in [1.82, 2.24) is 20.5 Å². The lowest BCUT2D eigenvalue weighted by Crippen LogP contribution is -2.47. The molecule has 3 aromatic carbocycles. The molecule has 302 valence electrons. The fraction of sp³-hybridized carbons (Fsp3) is 0.381. The Bertz CT molecular complexity index is 2080. The number of alkyl halides is 3. The molecule has 2 aliphatic heterocycles. The van der Waals surface area contributed by atoms with Gasteiger partial charge in [-0.25, -0.2) is 4.98 Å². The van der Waals surface area contributed by atoms with Gasteiger partial charge < -0.3 is 30.9 Å². The van der Waals surface area contributed by atoms with Crippen LogP contribution in [0.2, 0.25) is 0 Å². The molecule has 1 aromatic heterocycles. The maximum atomic E-state index is 14.2. The molecule has 1 unspecified atom stereocenters. The van der Waals surface area contributed by atoms with Gasteiger partial charge in [-0.15, -0.1) is 0 Å². The average molecular weight is 787 g/mol. The largest absolute Gasteiger partial charge is 0.489 e. The number of nitrogens with zero attached hydrogens (tertiary/aromatic N) is 3. The Labute approximate surface area is 330 Å². The number of para-hydroxylation sites is 1. The van der Waals surface area contributed by atoms with Gasteiger partial charge in [0.05, 0.1) is 34.3 Å². The minimum absolute atomic E-state index is 0.160. The van der Waals surface area contributed by atoms with Gasteiger partial charge in [0.15, 0.2) is 0 Å². The number of hydrogen-bond donors (Lipinski definition) is 5. The molecule has 6 rings (SSSR count). The number of imide groups is 1. The molecule has 15 heteroatoms. The maximum Gasteiger partial charge on any atom is 0.419 e. The van der Waals surface area contributed by atoms with E-state index in [0.29, 0.717) is 30.3 Å². The normalized spacial score (nSPS) is 16.4. The van der Waals surface area contributed by atoms with E-state index in [1.807, 2.05) is 45.0 Å². The van der Waals surface area contributed by atoms with Crippen LogP contribution in [0.3, 0.4) is 0 Å². The van der Waals surface area contributed by atoms with Crippen LogP contribution in [0.15, 0.2) is 72.9 Å². The molecule has 3 amide bonds. The highest BCUT2D eigenvalue weighted by Gasteiger charge is 2.35. The Morgan fingerprint density at radius 1 is 0.982 bits per heavy atom. The molecule has 57 heavy (non-hydrogen) atoms. The first-order valence-corrected chi connectivity index (χ1v) is 19.1. The van der Waals surface area contributed by atoms with Gasteiger partial charge in [0.2, 0.25) is 11.8 Å². The van der Waals surface area contributed by atoms with Gasteiger partial charge in [-0.3, -0.25) is 24.6 Å². The van der Waals surface area contributed by atoms with Gasteiger partial charge in [-0.05, 0) is 88.5 Å². The lowest BCUT2D eigenvalue weighted by Gasteiger charge is -2.38. The minimum Gasteiger partial charge on any atom is -0.489 e. The van der Waals surface area contributed by atoms with Crippen molar-refractivity contribution in [2.75, 3.05) is 48.0 Å². The quantitative estimate of drug-likeness (QED) is 0.0874. The van der Waals surface area contributed by atoms with E-state index < -0.39 is 23.7 Å². The third-order valence-electron chi connectivity index (χ3n) is 10.2. The molecule has 2 fully saturated rings. The maximum absolute atomic E-state index is 14.2. The van der Waals surface area contributed by atoms with Gasteiger partial charge >= 0.3 is 6.18 Å². The second-order valence-electron chi connectivity index (χ2n) is 14.8. The third-order valence-corrected chi connectivity index (χ3v) is 10.2. The summed E-state index contributed by atoms with van der Waals surface area (Å²) < 4.78 is 48.7. The highest BCUT2D eigenvalue weighted by atomic mass is 19.4. The zero-order valence-electron chi connectivity index (χ0n) is 32.7. The van der Waals surface area contributed by atoms with Crippen LogP contribution in [0.4, 0.5) is 47.4 Å². The van der Waals surface area contributed by atoms with Crippen LogP contribution < -0.4 is 36.2 Å². The van der Waals surface area contributed by atoms with Crippen LogP contribution in [-0.4, -0.2) is 73.0 Å². The molecule has 2 saturated heterocycles. The topological polar surface area (TPSA) is 140 Å². The molecule has 0 bridgehead atoms. The summed E-state index contributed by atoms with van der Waals surface area (Å²) in [7, 11) is 3.59. The summed E-state index contributed by atoms with van der Waals surface area (Å²) in [6, 6.07) is 19.5. The summed E-state index contributed by atoms with van der Waals surface area (Å²) in [5.41, 5.74) is 3.71. The van der Waals surface area contributed by atoms with Crippen molar-refractivity contribution in [3.8, 4) is 5.75 Å². The first-order valence-electron chi connectivity index (χ1n) is 19.1. The lowest BCUT2D eigenvalue weighted by atomic mass is 10.0. The van der Waals surface area contributed by atoms with Gasteiger partial charge in [0.25, 0.3) is 5.91 Å². The number of aromatic nitrogens is 1. The number of hydrogen-bond acceptors (Lipinski definition) is 10. The molecule has 1 atom stereocenters. The van der Waals surface area contributed by atoms with Crippen molar-refractivity contribution in [1.29, 1.82) is 0 Å². The number of carbonyl (C=O) groups excluding carboxylic acids is 3. The summed E-state index contributed by atoms with van der Waals surface area (Å²) in [5.74, 6) is -0.270. The SMILES string of the molecule is CNC(=O)c1ccccc1Nc1cc(Nc2cc(C)c(N3CCC(N(C)Cc4ccc(NC5CCC(=O)NC5=O)cc4)CC3)cc2OC(C)C)ncc1C(F)(F)F. The third kappa shape index (κ3) is 10.1. The average Bonchev–Trinajstić information content (AvgIpc) is 3.17. The Morgan fingerprint density at radius 2 is 1.70 bits per heavy atom. The molecule has 3 heterocycles. The number of anilines is 6. The zero-order valence-corrected chi connectivity index (χ0v) is 32.7. The summed E-state index contributed by atoms with van der Waals surface area (Å²) >= 11 is 0. The van der Waals surface area contributed by atoms with Crippen molar-refractivity contribution in [2.24, 2.45) is 0 Å². The van der Waals surface area contributed by atoms with Crippen LogP contribution in [-0.2, 0) is 22.3 Å². The molecular formula is C42H49F3N8O4. The summed E-state index contributed by atoms with van der Waals surface area (Å²) in [6.07, 6.45) is -1.43. The fourth-order valence-corrected chi connectivity index (χ4v) is 7.23. The number of amides is 3. The second kappa shape index (κ2) is 17.5. The van der Waals surface area contributed by atoms with Gasteiger partial charge in [0.1, 0.15) is 17.6 Å². The first-order chi connectivity index (χ1) is 27.2. The lowest BCUT2D eigenvalue weighted by molar-refractivity contribution is -0.137. The number of ether oxygens (including phenoxy) is 1. The summed E-state index contributed by atoms with van der Waals surface area (Å²) in [4.78, 5) is 44.9. The molecule has 0 radical (unpaired) electrons. The van der Waals surface area contributed by atoms with E-state index in [4.69, 9.17) is 4.74 Å². The Hall–Kier alpha value is -5.83. The van der Waals surface area contributed by atoms with Crippen molar-refractivity contribution >= 4 is 52.0 Å². The van der Waals surface area contributed by atoms with E-state index in [0.717, 1.165) is 61.2 Å². The Morgan fingerprint density at radius 3 is 2.37 bits per heavy atom. The van der Waals surface area contributed by atoms with Crippen LogP contribution in [0.25, 0.3) is 0 Å². The molecule has 12 nitrogen and oxygen atoms in total. The second-order valence-corrected chi connectivity index (χ2v) is 14.8. The van der Waals surface area contributed by atoms with Crippen molar-refractivity contribution < 1.29 is 32.3 Å². The monoisotopic (exact) mass is 786 g/mol. The number of aryl methyl sites for hydroxylation is 1. The summed E-state index contributed by atoms with van der Waals surface area (Å²) in [6.45, 7) is 8.24. The molecule has 2 aliphatic rings. The van der Waals surface area contributed by atoms with Crippen LogP contribution in [0.5, 0.6) is 5.75 Å². The predicted molar refractivity (Wildman–Crippen MR) is 216 cm³/mol. The van der Waals surface area contributed by atoms with Gasteiger partial charge in [-0.1, -0.05) is 24.3 Å². The van der Waals surface area contributed by atoms with Gasteiger partial charge in [-0.2, -0.15) is 13.2 Å². The highest BCUT2D eigenvalue weighted by molar-refractivity contribution is 6.01. The molecular weight excluding hydrogens is 738 g/mol. The molecule has 0 spiro atoms. The number of nitrogens with one attached hydrogen (secondary N) is 5. The zero-order chi connectivity index (χ0) is 40.9. The van der Waals surface area contributed by atoms with E-state index in [2.05, 4.69) is 60.5 Å².